The molecule has 0 aromatic carbocycles. The minimum Gasteiger partial charge on any atom is -0.444 e. The highest BCUT2D eigenvalue weighted by atomic mass is 16.6. The number of hydrogen-bond acceptors (Lipinski definition) is 5. The lowest BCUT2D eigenvalue weighted by molar-refractivity contribution is -0.172. The smallest absolute Gasteiger partial charge is 0.331 e. The summed E-state index contributed by atoms with van der Waals surface area (Å²) in [6.45, 7) is 10.4. The molecule has 166 valence electrons. The van der Waals surface area contributed by atoms with Gasteiger partial charge < -0.3 is 20.3 Å². The molecule has 0 saturated carbocycles. The van der Waals surface area contributed by atoms with Crippen molar-refractivity contribution in [3.8, 4) is 0 Å². The molecule has 2 heterocycles. The van der Waals surface area contributed by atoms with Gasteiger partial charge in [-0.25, -0.2) is 4.79 Å². The molecule has 1 fully saturated rings. The van der Waals surface area contributed by atoms with Crippen molar-refractivity contribution in [3.63, 3.8) is 0 Å². The summed E-state index contributed by atoms with van der Waals surface area (Å²) in [4.78, 5) is 26.2. The standard InChI is InChI=1S/C24H35NO5/c1-13(2)10-18-22-16(5)15(4)12-17-11-14(3)6-7-19(26)20(27)8-9-21(28)30-24(17,22)23(29)25-18/h8-9,11-13,16-20,22,26-27H,6-7,10H2,1-5H3,(H,25,29)/b9-8+,14-11-/t16-,17-,18-,19-,20+,22-,24+/m0/s1. The second kappa shape index (κ2) is 8.67. The van der Waals surface area contributed by atoms with E-state index in [1.54, 1.807) is 0 Å². The second-order valence-corrected chi connectivity index (χ2v) is 9.64. The summed E-state index contributed by atoms with van der Waals surface area (Å²) in [7, 11) is 0. The minimum absolute atomic E-state index is 0.0785. The van der Waals surface area contributed by atoms with Crippen molar-refractivity contribution in [2.75, 3.05) is 0 Å². The van der Waals surface area contributed by atoms with Gasteiger partial charge in [0.25, 0.3) is 5.91 Å². The lowest BCUT2D eigenvalue weighted by Gasteiger charge is -2.45. The quantitative estimate of drug-likeness (QED) is 0.474. The highest BCUT2D eigenvalue weighted by molar-refractivity contribution is 5.94. The van der Waals surface area contributed by atoms with Gasteiger partial charge in [-0.2, -0.15) is 0 Å². The van der Waals surface area contributed by atoms with E-state index in [1.807, 2.05) is 13.0 Å². The monoisotopic (exact) mass is 417 g/mol. The molecule has 7 atom stereocenters. The Hall–Kier alpha value is -1.92. The normalized spacial score (nSPS) is 42.5. The molecule has 3 N–H and O–H groups in total. The van der Waals surface area contributed by atoms with E-state index in [-0.39, 0.29) is 29.7 Å². The maximum absolute atomic E-state index is 13.4. The van der Waals surface area contributed by atoms with Gasteiger partial charge in [0.1, 0.15) is 0 Å². The molecule has 1 spiro atoms. The molecule has 2 aliphatic heterocycles. The first-order valence-electron chi connectivity index (χ1n) is 11.0. The molecule has 0 unspecified atom stereocenters. The number of rotatable bonds is 2. The number of hydrogen-bond donors (Lipinski definition) is 3. The number of esters is 1. The average Bonchev–Trinajstić information content (AvgIpc) is 2.93. The van der Waals surface area contributed by atoms with Crippen LogP contribution in [0.4, 0.5) is 0 Å². The fourth-order valence-electron chi connectivity index (χ4n) is 5.27. The Morgan fingerprint density at radius 2 is 1.93 bits per heavy atom. The third-order valence-electron chi connectivity index (χ3n) is 6.91. The number of allylic oxidation sites excluding steroid dienone is 2. The molecule has 0 radical (unpaired) electrons. The summed E-state index contributed by atoms with van der Waals surface area (Å²) in [5.41, 5.74) is 0.858. The fraction of sp³-hybridized carbons (Fsp3) is 0.667. The Bertz CT molecular complexity index is 782. The van der Waals surface area contributed by atoms with Gasteiger partial charge in [-0.15, -0.1) is 0 Å². The van der Waals surface area contributed by atoms with Gasteiger partial charge in [0, 0.05) is 24.0 Å². The number of ether oxygens (including phenoxy) is 1. The summed E-state index contributed by atoms with van der Waals surface area (Å²) in [5.74, 6) is -1.02. The molecule has 30 heavy (non-hydrogen) atoms. The van der Waals surface area contributed by atoms with Crippen LogP contribution in [0.2, 0.25) is 0 Å². The van der Waals surface area contributed by atoms with Gasteiger partial charge in [-0.3, -0.25) is 4.79 Å². The maximum Gasteiger partial charge on any atom is 0.331 e. The molecule has 3 aliphatic rings. The number of carbonyl (C=O) groups is 2. The van der Waals surface area contributed by atoms with Crippen molar-refractivity contribution in [2.24, 2.45) is 23.7 Å². The van der Waals surface area contributed by atoms with Crippen LogP contribution in [0.25, 0.3) is 0 Å². The molecule has 1 amide bonds. The lowest BCUT2D eigenvalue weighted by atomic mass is 9.63. The van der Waals surface area contributed by atoms with E-state index in [0.29, 0.717) is 18.8 Å². The van der Waals surface area contributed by atoms with E-state index >= 15 is 0 Å². The van der Waals surface area contributed by atoms with Gasteiger partial charge in [0.2, 0.25) is 5.60 Å². The lowest BCUT2D eigenvalue weighted by Crippen LogP contribution is -2.56. The topological polar surface area (TPSA) is 95.9 Å². The van der Waals surface area contributed by atoms with Gasteiger partial charge in [0.05, 0.1) is 12.2 Å². The van der Waals surface area contributed by atoms with Crippen molar-refractivity contribution in [1.29, 1.82) is 0 Å². The van der Waals surface area contributed by atoms with Crippen LogP contribution in [0.1, 0.15) is 53.9 Å². The molecule has 6 nitrogen and oxygen atoms in total. The van der Waals surface area contributed by atoms with Crippen LogP contribution in [0, 0.1) is 23.7 Å². The van der Waals surface area contributed by atoms with Gasteiger partial charge in [0.15, 0.2) is 0 Å². The van der Waals surface area contributed by atoms with Crippen LogP contribution in [0.5, 0.6) is 0 Å². The summed E-state index contributed by atoms with van der Waals surface area (Å²) in [6.07, 6.45) is 6.06. The van der Waals surface area contributed by atoms with Gasteiger partial charge in [-0.05, 0) is 51.0 Å². The molecule has 0 aromatic heterocycles. The van der Waals surface area contributed by atoms with Crippen LogP contribution >= 0.6 is 0 Å². The zero-order valence-electron chi connectivity index (χ0n) is 18.6. The molecular formula is C24H35NO5. The highest BCUT2D eigenvalue weighted by Crippen LogP contribution is 2.50. The molecule has 6 heteroatoms. The van der Waals surface area contributed by atoms with Crippen LogP contribution in [-0.4, -0.2) is 45.9 Å². The van der Waals surface area contributed by atoms with E-state index in [9.17, 15) is 19.8 Å². The Morgan fingerprint density at radius 1 is 1.23 bits per heavy atom. The zero-order chi connectivity index (χ0) is 22.2. The number of nitrogens with one attached hydrogen (secondary N) is 1. The first kappa shape index (κ1) is 22.8. The SMILES string of the molecule is CC1=C[C@@H]2/C=C(/C)CC[C@H](O)[C@H](O)/C=C/C(=O)O[C@]23C(=O)N[C@@H](CC(C)C)[C@@H]3[C@H]1C. The number of amides is 1. The predicted octanol–water partition coefficient (Wildman–Crippen LogP) is 2.66. The van der Waals surface area contributed by atoms with Gasteiger partial charge in [-0.1, -0.05) is 44.1 Å². The molecule has 0 bridgehead atoms. The molecule has 1 saturated heterocycles. The predicted molar refractivity (Wildman–Crippen MR) is 114 cm³/mol. The Balaban J connectivity index is 2.13. The summed E-state index contributed by atoms with van der Waals surface area (Å²) < 4.78 is 5.99. The maximum atomic E-state index is 13.4. The third-order valence-corrected chi connectivity index (χ3v) is 6.91. The Morgan fingerprint density at radius 3 is 2.60 bits per heavy atom. The fourth-order valence-corrected chi connectivity index (χ4v) is 5.27. The van der Waals surface area contributed by atoms with Crippen molar-refractivity contribution < 1.29 is 24.5 Å². The minimum atomic E-state index is -1.32. The molecule has 1 aliphatic carbocycles. The summed E-state index contributed by atoms with van der Waals surface area (Å²) in [6, 6.07) is -0.0792. The first-order chi connectivity index (χ1) is 14.1. The van der Waals surface area contributed by atoms with E-state index in [4.69, 9.17) is 4.74 Å². The van der Waals surface area contributed by atoms with Crippen LogP contribution < -0.4 is 5.32 Å². The Labute approximate surface area is 179 Å². The van der Waals surface area contributed by atoms with Crippen molar-refractivity contribution in [1.82, 2.24) is 5.32 Å². The van der Waals surface area contributed by atoms with E-state index in [1.165, 1.54) is 11.6 Å². The van der Waals surface area contributed by atoms with E-state index in [0.717, 1.165) is 18.1 Å². The van der Waals surface area contributed by atoms with Crippen molar-refractivity contribution in [3.05, 3.63) is 35.5 Å². The van der Waals surface area contributed by atoms with E-state index < -0.39 is 23.8 Å². The first-order valence-corrected chi connectivity index (χ1v) is 11.0. The van der Waals surface area contributed by atoms with Gasteiger partial charge >= 0.3 is 5.97 Å². The average molecular weight is 418 g/mol. The number of aliphatic hydroxyl groups is 2. The molecule has 0 aromatic rings. The van der Waals surface area contributed by atoms with Crippen molar-refractivity contribution >= 4 is 11.9 Å². The van der Waals surface area contributed by atoms with E-state index in [2.05, 4.69) is 39.1 Å². The summed E-state index contributed by atoms with van der Waals surface area (Å²) in [5, 5.41) is 23.4. The van der Waals surface area contributed by atoms with Crippen LogP contribution in [0.15, 0.2) is 35.5 Å². The molecular weight excluding hydrogens is 382 g/mol. The summed E-state index contributed by atoms with van der Waals surface area (Å²) >= 11 is 0. The largest absolute Gasteiger partial charge is 0.444 e. The second-order valence-electron chi connectivity index (χ2n) is 9.64. The van der Waals surface area contributed by atoms with Crippen LogP contribution in [-0.2, 0) is 14.3 Å². The molecule has 3 rings (SSSR count). The van der Waals surface area contributed by atoms with Crippen molar-refractivity contribution in [2.45, 2.75) is 77.7 Å². The van der Waals surface area contributed by atoms with Crippen LogP contribution in [0.3, 0.4) is 0 Å². The number of carbonyl (C=O) groups excluding carboxylic acids is 2. The zero-order valence-corrected chi connectivity index (χ0v) is 18.6. The third kappa shape index (κ3) is 4.12. The Kier molecular flexibility index (Phi) is 6.58. The number of aliphatic hydroxyl groups excluding tert-OH is 2. The highest BCUT2D eigenvalue weighted by Gasteiger charge is 2.64.